The fourth-order valence-electron chi connectivity index (χ4n) is 8.49. The van der Waals surface area contributed by atoms with Crippen LogP contribution in [0.15, 0.2) is 0 Å². The zero-order valence-corrected chi connectivity index (χ0v) is 31.3. The fraction of sp³-hybridized carbons (Fsp3) is 0.971. The minimum absolute atomic E-state index is 0.0260. The zero-order valence-electron chi connectivity index (χ0n) is 31.3. The van der Waals surface area contributed by atoms with Crippen molar-refractivity contribution < 1.29 is 74.1 Å². The highest BCUT2D eigenvalue weighted by Gasteiger charge is 2.59. The molecule has 324 valence electrons. The lowest BCUT2D eigenvalue weighted by atomic mass is 9.76. The molecule has 0 bridgehead atoms. The average Bonchev–Trinajstić information content (AvgIpc) is 3.68. The predicted molar refractivity (Wildman–Crippen MR) is 191 cm³/mol. The Balaban J connectivity index is 1.17. The number of piperidine rings is 1. The molecule has 4 heterocycles. The van der Waals surface area contributed by atoms with Crippen LogP contribution >= 0.6 is 0 Å². The van der Waals surface area contributed by atoms with E-state index in [4.69, 9.17) is 57.1 Å². The number of carbonyl (C=O) groups excluding carboxylic acids is 1. The van der Waals surface area contributed by atoms with Crippen LogP contribution in [0.1, 0.15) is 38.5 Å². The molecule has 6 fully saturated rings. The number of nitrogens with two attached hydrogens (primary N) is 5. The summed E-state index contributed by atoms with van der Waals surface area (Å²) < 4.78 is 36.2. The van der Waals surface area contributed by atoms with Gasteiger partial charge in [-0.2, -0.15) is 0 Å². The lowest BCUT2D eigenvalue weighted by Gasteiger charge is -2.47. The van der Waals surface area contributed by atoms with Crippen molar-refractivity contribution in [3.63, 3.8) is 0 Å². The van der Waals surface area contributed by atoms with Gasteiger partial charge in [0.2, 0.25) is 0 Å². The molecular formula is C34H63N7O15. The SMILES string of the molecule is NC[C@@H]1O[C@H](O[C@H]2[C@@H](O)[C@H](O[C@@H]3[C@@H](O)[C@H](CC(=O)C4(O)CC4N)C[C@H](N)[C@H]3O[C@H]3O[C@H](CNCC4(O)CCNCC4)[C@@H](O)C[C@H]3N)O[C@@H]2CO)[C@H](N)[C@@H](O)[C@@H]1O. The molecule has 2 saturated carbocycles. The van der Waals surface area contributed by atoms with E-state index in [1.807, 2.05) is 0 Å². The molecule has 0 aromatic heterocycles. The number of ketones is 1. The molecular weight excluding hydrogens is 746 g/mol. The van der Waals surface area contributed by atoms with Gasteiger partial charge in [-0.25, -0.2) is 0 Å². The Morgan fingerprint density at radius 3 is 2.04 bits per heavy atom. The Morgan fingerprint density at radius 1 is 0.768 bits per heavy atom. The predicted octanol–water partition coefficient (Wildman–Crippen LogP) is -8.41. The van der Waals surface area contributed by atoms with E-state index in [-0.39, 0.29) is 45.3 Å². The van der Waals surface area contributed by atoms with Crippen LogP contribution in [0.25, 0.3) is 0 Å². The summed E-state index contributed by atoms with van der Waals surface area (Å²) in [4.78, 5) is 13.1. The van der Waals surface area contributed by atoms with E-state index in [0.29, 0.717) is 25.9 Å². The summed E-state index contributed by atoms with van der Waals surface area (Å²) in [6.07, 6.45) is -17.4. The van der Waals surface area contributed by atoms with Gasteiger partial charge in [0.15, 0.2) is 24.7 Å². The van der Waals surface area contributed by atoms with Crippen molar-refractivity contribution in [1.29, 1.82) is 0 Å². The number of rotatable bonds is 15. The first-order valence-electron chi connectivity index (χ1n) is 19.6. The average molecular weight is 810 g/mol. The van der Waals surface area contributed by atoms with Crippen molar-refractivity contribution in [2.45, 2.75) is 160 Å². The minimum Gasteiger partial charge on any atom is -0.394 e. The summed E-state index contributed by atoms with van der Waals surface area (Å²) in [5.74, 6) is -1.44. The van der Waals surface area contributed by atoms with Gasteiger partial charge < -0.3 is 109 Å². The Labute approximate surface area is 324 Å². The number of hydrogen-bond donors (Lipinski definition) is 15. The summed E-state index contributed by atoms with van der Waals surface area (Å²) in [6.45, 7) is 0.901. The summed E-state index contributed by atoms with van der Waals surface area (Å²) in [5.41, 5.74) is 28.0. The van der Waals surface area contributed by atoms with Crippen LogP contribution in [-0.2, 0) is 33.2 Å². The molecule has 4 aliphatic heterocycles. The first-order chi connectivity index (χ1) is 26.5. The van der Waals surface area contributed by atoms with Crippen molar-refractivity contribution in [3.8, 4) is 0 Å². The van der Waals surface area contributed by atoms with Gasteiger partial charge in [-0.3, -0.25) is 4.79 Å². The van der Waals surface area contributed by atoms with Crippen molar-refractivity contribution in [3.05, 3.63) is 0 Å². The molecule has 0 aromatic carbocycles. The smallest absolute Gasteiger partial charge is 0.187 e. The molecule has 22 heteroatoms. The maximum Gasteiger partial charge on any atom is 0.187 e. The number of Topliss-reactive ketones (excluding diaryl/α,β-unsaturated/α-hetero) is 1. The number of ether oxygens (including phenoxy) is 6. The van der Waals surface area contributed by atoms with Crippen LogP contribution in [0.5, 0.6) is 0 Å². The van der Waals surface area contributed by atoms with Crippen molar-refractivity contribution >= 4 is 5.78 Å². The zero-order chi connectivity index (χ0) is 40.7. The standard InChI is InChI=1S/C34H63N7O15/c35-9-17-24(46)25(47)22(39)31(51-17)55-28-19(11-42)53-32(26(28)48)56-29-23(45)13(6-21(44)34(50)8-20(34)38)5-14(36)27(29)54-30-15(37)7-16(43)18(52-30)10-41-12-33(49)1-3-40-4-2-33/h13-20,22-32,40-43,45-50H,1-12,35-39H2/t13-,14-,15+,16-,17-,18+,19+,20?,22+,23-,24+,25+,26+,27+,28+,29+,30+,31+,32-,34?/m0/s1. The normalized spacial score (nSPS) is 49.5. The molecule has 20 atom stereocenters. The Hall–Kier alpha value is -1.17. The van der Waals surface area contributed by atoms with Crippen molar-refractivity contribution in [1.82, 2.24) is 10.6 Å². The molecule has 2 aliphatic carbocycles. The molecule has 22 nitrogen and oxygen atoms in total. The quantitative estimate of drug-likeness (QED) is 0.0730. The first kappa shape index (κ1) is 44.4. The lowest BCUT2D eigenvalue weighted by molar-refractivity contribution is -0.299. The third-order valence-electron chi connectivity index (χ3n) is 12.3. The molecule has 20 N–H and O–H groups in total. The van der Waals surface area contributed by atoms with Gasteiger partial charge in [-0.1, -0.05) is 0 Å². The van der Waals surface area contributed by atoms with Crippen LogP contribution in [0.3, 0.4) is 0 Å². The highest BCUT2D eigenvalue weighted by molar-refractivity contribution is 5.91. The number of carbonyl (C=O) groups is 1. The van der Waals surface area contributed by atoms with Gasteiger partial charge in [0.1, 0.15) is 54.4 Å². The van der Waals surface area contributed by atoms with E-state index < -0.39 is 140 Å². The molecule has 4 saturated heterocycles. The van der Waals surface area contributed by atoms with Crippen LogP contribution in [0, 0.1) is 5.92 Å². The van der Waals surface area contributed by atoms with E-state index >= 15 is 0 Å². The van der Waals surface area contributed by atoms with Crippen LogP contribution in [0.2, 0.25) is 0 Å². The molecule has 0 spiro atoms. The first-order valence-corrected chi connectivity index (χ1v) is 19.6. The Kier molecular flexibility index (Phi) is 14.4. The fourth-order valence-corrected chi connectivity index (χ4v) is 8.49. The van der Waals surface area contributed by atoms with E-state index in [9.17, 15) is 45.6 Å². The van der Waals surface area contributed by atoms with E-state index in [0.717, 1.165) is 0 Å². The number of nitrogens with one attached hydrogen (secondary N) is 2. The summed E-state index contributed by atoms with van der Waals surface area (Å²) >= 11 is 0. The van der Waals surface area contributed by atoms with Crippen molar-refractivity contribution in [2.75, 3.05) is 39.3 Å². The molecule has 0 amide bonds. The molecule has 6 aliphatic rings. The number of hydrogen-bond acceptors (Lipinski definition) is 22. The van der Waals surface area contributed by atoms with Crippen LogP contribution in [-0.4, -0.2) is 207 Å². The second kappa shape index (κ2) is 18.2. The topological polar surface area (TPSA) is 388 Å². The highest BCUT2D eigenvalue weighted by Crippen LogP contribution is 2.41. The van der Waals surface area contributed by atoms with Gasteiger partial charge in [-0.05, 0) is 44.7 Å². The largest absolute Gasteiger partial charge is 0.394 e. The Bertz CT molecular complexity index is 1310. The second-order valence-electron chi connectivity index (χ2n) is 16.5. The third kappa shape index (κ3) is 9.41. The molecule has 2 unspecified atom stereocenters. The van der Waals surface area contributed by atoms with Gasteiger partial charge in [0.05, 0.1) is 42.6 Å². The Morgan fingerprint density at radius 2 is 1.39 bits per heavy atom. The molecule has 0 radical (unpaired) electrons. The number of aliphatic hydroxyl groups excluding tert-OH is 6. The van der Waals surface area contributed by atoms with Gasteiger partial charge >= 0.3 is 0 Å². The van der Waals surface area contributed by atoms with Gasteiger partial charge in [0.25, 0.3) is 0 Å². The molecule has 0 aromatic rings. The third-order valence-corrected chi connectivity index (χ3v) is 12.3. The monoisotopic (exact) mass is 809 g/mol. The minimum atomic E-state index is -1.72. The van der Waals surface area contributed by atoms with Crippen LogP contribution < -0.4 is 39.3 Å². The molecule has 6 rings (SSSR count). The highest BCUT2D eigenvalue weighted by atomic mass is 16.8. The summed E-state index contributed by atoms with van der Waals surface area (Å²) in [6, 6.07) is -3.82. The van der Waals surface area contributed by atoms with E-state index in [1.165, 1.54) is 0 Å². The van der Waals surface area contributed by atoms with Gasteiger partial charge in [-0.15, -0.1) is 0 Å². The van der Waals surface area contributed by atoms with E-state index in [2.05, 4.69) is 10.6 Å². The maximum absolute atomic E-state index is 13.1. The molecule has 56 heavy (non-hydrogen) atoms. The van der Waals surface area contributed by atoms with Crippen LogP contribution in [0.4, 0.5) is 0 Å². The summed E-state index contributed by atoms with van der Waals surface area (Å²) in [7, 11) is 0. The lowest BCUT2D eigenvalue weighted by Crippen LogP contribution is -2.64. The van der Waals surface area contributed by atoms with Crippen molar-refractivity contribution in [2.24, 2.45) is 34.6 Å². The van der Waals surface area contributed by atoms with E-state index in [1.54, 1.807) is 0 Å². The number of aliphatic hydroxyl groups is 8. The maximum atomic E-state index is 13.1. The second-order valence-corrected chi connectivity index (χ2v) is 16.5. The summed E-state index contributed by atoms with van der Waals surface area (Å²) in [5, 5.41) is 93.0. The van der Waals surface area contributed by atoms with Gasteiger partial charge in [0, 0.05) is 44.6 Å².